The lowest BCUT2D eigenvalue weighted by atomic mass is 10.2. The first-order chi connectivity index (χ1) is 7.66. The van der Waals surface area contributed by atoms with E-state index in [2.05, 4.69) is 11.4 Å². The Morgan fingerprint density at radius 1 is 1.25 bits per heavy atom. The molecule has 3 heteroatoms. The second-order valence-electron chi connectivity index (χ2n) is 3.50. The number of benzene rings is 2. The molecule has 0 bridgehead atoms. The topological polar surface area (TPSA) is 12.0 Å². The minimum atomic E-state index is -0.374. The quantitative estimate of drug-likeness (QED) is 0.816. The predicted octanol–water partition coefficient (Wildman–Crippen LogP) is 4.33. The second kappa shape index (κ2) is 4.54. The summed E-state index contributed by atoms with van der Waals surface area (Å²) in [4.78, 5) is 0. The van der Waals surface area contributed by atoms with Crippen LogP contribution < -0.4 is 5.32 Å². The fourth-order valence-electron chi connectivity index (χ4n) is 1.33. The van der Waals surface area contributed by atoms with E-state index in [1.807, 2.05) is 25.1 Å². The maximum Gasteiger partial charge on any atom is 0.148 e. The lowest BCUT2D eigenvalue weighted by Gasteiger charge is -2.09. The van der Waals surface area contributed by atoms with Crippen LogP contribution in [0.3, 0.4) is 0 Å². The van der Waals surface area contributed by atoms with Gasteiger partial charge in [0.2, 0.25) is 0 Å². The van der Waals surface area contributed by atoms with Crippen molar-refractivity contribution in [2.75, 3.05) is 5.32 Å². The molecular formula is C13H10ClFN. The number of hydrogen-bond donors (Lipinski definition) is 1. The van der Waals surface area contributed by atoms with Crippen LogP contribution in [-0.2, 0) is 0 Å². The summed E-state index contributed by atoms with van der Waals surface area (Å²) in [6, 6.07) is 13.2. The second-order valence-corrected chi connectivity index (χ2v) is 3.91. The zero-order chi connectivity index (χ0) is 11.5. The monoisotopic (exact) mass is 234 g/mol. The van der Waals surface area contributed by atoms with Crippen LogP contribution in [0.1, 0.15) is 5.56 Å². The molecule has 0 saturated heterocycles. The lowest BCUT2D eigenvalue weighted by molar-refractivity contribution is 0.632. The van der Waals surface area contributed by atoms with Gasteiger partial charge in [0, 0.05) is 11.8 Å². The SMILES string of the molecule is Cc1c[c]c(Nc2c(F)cccc2Cl)cc1. The fourth-order valence-corrected chi connectivity index (χ4v) is 1.54. The van der Waals surface area contributed by atoms with E-state index in [4.69, 9.17) is 11.6 Å². The van der Waals surface area contributed by atoms with E-state index in [0.29, 0.717) is 10.7 Å². The minimum Gasteiger partial charge on any atom is -0.351 e. The minimum absolute atomic E-state index is 0.282. The van der Waals surface area contributed by atoms with Crippen LogP contribution in [0.15, 0.2) is 36.4 Å². The zero-order valence-electron chi connectivity index (χ0n) is 8.72. The zero-order valence-corrected chi connectivity index (χ0v) is 9.48. The normalized spacial score (nSPS) is 10.2. The molecule has 0 unspecified atom stereocenters. The Morgan fingerprint density at radius 2 is 2.06 bits per heavy atom. The Hall–Kier alpha value is -1.54. The Kier molecular flexibility index (Phi) is 3.11. The predicted molar refractivity (Wildman–Crippen MR) is 64.7 cm³/mol. The van der Waals surface area contributed by atoms with Gasteiger partial charge in [0.25, 0.3) is 0 Å². The van der Waals surface area contributed by atoms with Crippen molar-refractivity contribution in [3.8, 4) is 0 Å². The van der Waals surface area contributed by atoms with E-state index < -0.39 is 0 Å². The van der Waals surface area contributed by atoms with E-state index in [1.54, 1.807) is 12.1 Å². The summed E-state index contributed by atoms with van der Waals surface area (Å²) in [5, 5.41) is 3.26. The van der Waals surface area contributed by atoms with Crippen molar-refractivity contribution in [1.82, 2.24) is 0 Å². The van der Waals surface area contributed by atoms with Crippen molar-refractivity contribution in [1.29, 1.82) is 0 Å². The third-order valence-corrected chi connectivity index (χ3v) is 2.51. The van der Waals surface area contributed by atoms with E-state index in [9.17, 15) is 4.39 Å². The van der Waals surface area contributed by atoms with Crippen LogP contribution in [0.5, 0.6) is 0 Å². The van der Waals surface area contributed by atoms with Crippen LogP contribution in [0.2, 0.25) is 5.02 Å². The van der Waals surface area contributed by atoms with Crippen LogP contribution >= 0.6 is 11.6 Å². The average molecular weight is 235 g/mol. The third-order valence-electron chi connectivity index (χ3n) is 2.19. The van der Waals surface area contributed by atoms with Crippen molar-refractivity contribution < 1.29 is 4.39 Å². The van der Waals surface area contributed by atoms with Crippen molar-refractivity contribution >= 4 is 23.0 Å². The molecule has 0 aliphatic heterocycles. The Bertz CT molecular complexity index is 474. The molecule has 0 saturated carbocycles. The molecule has 16 heavy (non-hydrogen) atoms. The summed E-state index contributed by atoms with van der Waals surface area (Å²) in [6.07, 6.45) is 0. The van der Waals surface area contributed by atoms with Gasteiger partial charge in [0.05, 0.1) is 10.7 Å². The number of nitrogens with one attached hydrogen (secondary N) is 1. The molecule has 0 aromatic heterocycles. The number of aryl methyl sites for hydroxylation is 1. The molecule has 1 nitrogen and oxygen atoms in total. The highest BCUT2D eigenvalue weighted by Crippen LogP contribution is 2.27. The molecular weight excluding hydrogens is 225 g/mol. The van der Waals surface area contributed by atoms with Gasteiger partial charge in [-0.15, -0.1) is 0 Å². The molecule has 2 aromatic carbocycles. The van der Waals surface area contributed by atoms with Gasteiger partial charge in [-0.05, 0) is 31.2 Å². The van der Waals surface area contributed by atoms with Crippen LogP contribution in [0.25, 0.3) is 0 Å². The van der Waals surface area contributed by atoms with Crippen molar-refractivity contribution in [3.05, 3.63) is 58.9 Å². The number of rotatable bonds is 2. The van der Waals surface area contributed by atoms with E-state index in [-0.39, 0.29) is 11.5 Å². The molecule has 0 fully saturated rings. The molecule has 0 heterocycles. The van der Waals surface area contributed by atoms with Crippen LogP contribution in [-0.4, -0.2) is 0 Å². The molecule has 2 aromatic rings. The van der Waals surface area contributed by atoms with Crippen LogP contribution in [0.4, 0.5) is 15.8 Å². The van der Waals surface area contributed by atoms with Gasteiger partial charge in [-0.3, -0.25) is 0 Å². The summed E-state index contributed by atoms with van der Waals surface area (Å²) in [6.45, 7) is 1.97. The summed E-state index contributed by atoms with van der Waals surface area (Å²) in [5.41, 5.74) is 2.08. The van der Waals surface area contributed by atoms with Gasteiger partial charge in [-0.2, -0.15) is 0 Å². The maximum atomic E-state index is 13.5. The molecule has 1 N–H and O–H groups in total. The van der Waals surface area contributed by atoms with E-state index in [0.717, 1.165) is 5.56 Å². The largest absolute Gasteiger partial charge is 0.351 e. The van der Waals surface area contributed by atoms with Gasteiger partial charge in [-0.25, -0.2) is 4.39 Å². The van der Waals surface area contributed by atoms with Gasteiger partial charge in [0.1, 0.15) is 5.82 Å². The Labute approximate surface area is 98.9 Å². The molecule has 0 aliphatic rings. The van der Waals surface area contributed by atoms with E-state index in [1.165, 1.54) is 6.07 Å². The fraction of sp³-hybridized carbons (Fsp3) is 0.0769. The molecule has 2 rings (SSSR count). The molecule has 0 aliphatic carbocycles. The van der Waals surface area contributed by atoms with Crippen molar-refractivity contribution in [3.63, 3.8) is 0 Å². The molecule has 1 radical (unpaired) electrons. The van der Waals surface area contributed by atoms with Gasteiger partial charge in [-0.1, -0.05) is 29.3 Å². The van der Waals surface area contributed by atoms with Crippen molar-refractivity contribution in [2.24, 2.45) is 0 Å². The lowest BCUT2D eigenvalue weighted by Crippen LogP contribution is -1.94. The summed E-state index contributed by atoms with van der Waals surface area (Å²) < 4.78 is 13.5. The van der Waals surface area contributed by atoms with Gasteiger partial charge >= 0.3 is 0 Å². The number of para-hydroxylation sites is 1. The Balaban J connectivity index is 2.30. The summed E-state index contributed by atoms with van der Waals surface area (Å²) in [7, 11) is 0. The molecule has 81 valence electrons. The highest BCUT2D eigenvalue weighted by molar-refractivity contribution is 6.33. The number of halogens is 2. The maximum absolute atomic E-state index is 13.5. The Morgan fingerprint density at radius 3 is 2.69 bits per heavy atom. The highest BCUT2D eigenvalue weighted by atomic mass is 35.5. The van der Waals surface area contributed by atoms with Gasteiger partial charge in [0.15, 0.2) is 0 Å². The standard InChI is InChI=1S/C13H10ClFN/c1-9-5-7-10(8-6-9)16-13-11(14)3-2-4-12(13)15/h2-7,16H,1H3. The first-order valence-electron chi connectivity index (χ1n) is 4.86. The molecule has 0 atom stereocenters. The first-order valence-corrected chi connectivity index (χ1v) is 5.24. The number of hydrogen-bond acceptors (Lipinski definition) is 1. The van der Waals surface area contributed by atoms with Gasteiger partial charge < -0.3 is 5.32 Å². The van der Waals surface area contributed by atoms with E-state index >= 15 is 0 Å². The average Bonchev–Trinajstić information content (AvgIpc) is 2.26. The highest BCUT2D eigenvalue weighted by Gasteiger charge is 2.06. The molecule has 0 spiro atoms. The smallest absolute Gasteiger partial charge is 0.148 e. The summed E-state index contributed by atoms with van der Waals surface area (Å²) in [5.74, 6) is -0.374. The van der Waals surface area contributed by atoms with Crippen LogP contribution in [0, 0.1) is 18.8 Å². The third kappa shape index (κ3) is 2.34. The first kappa shape index (κ1) is 11.0. The number of anilines is 2. The summed E-state index contributed by atoms with van der Waals surface area (Å²) >= 11 is 5.89. The van der Waals surface area contributed by atoms with Crippen molar-refractivity contribution in [2.45, 2.75) is 6.92 Å². The molecule has 0 amide bonds.